The number of nitrogens with two attached hydrogens (primary N) is 1. The maximum Gasteiger partial charge on any atom is 0.360 e. The highest BCUT2D eigenvalue weighted by atomic mass is 79.9. The summed E-state index contributed by atoms with van der Waals surface area (Å²) in [5.41, 5.74) is 6.99. The van der Waals surface area contributed by atoms with Gasteiger partial charge in [-0.25, -0.2) is 9.78 Å². The fraction of sp³-hybridized carbons (Fsp3) is 0.231. The van der Waals surface area contributed by atoms with E-state index in [1.54, 1.807) is 18.4 Å². The van der Waals surface area contributed by atoms with Gasteiger partial charge in [0.2, 0.25) is 0 Å². The molecule has 0 saturated heterocycles. The number of anilines is 1. The molecule has 1 aromatic carbocycles. The molecule has 2 rings (SSSR count). The number of ether oxygens (including phenoxy) is 1. The van der Waals surface area contributed by atoms with Gasteiger partial charge < -0.3 is 10.5 Å². The second-order valence-electron chi connectivity index (χ2n) is 4.17. The molecule has 8 heteroatoms. The monoisotopic (exact) mass is 479 g/mol. The van der Waals surface area contributed by atoms with Crippen molar-refractivity contribution in [3.05, 3.63) is 37.1 Å². The third kappa shape index (κ3) is 3.17. The summed E-state index contributed by atoms with van der Waals surface area (Å²) in [6.07, 6.45) is 0. The molecular formula is C13H12Br3N3O2. The Kier molecular flexibility index (Phi) is 5.11. The lowest BCUT2D eigenvalue weighted by Crippen LogP contribution is -2.10. The number of carbonyl (C=O) groups excluding carboxylic acids is 1. The van der Waals surface area contributed by atoms with E-state index < -0.39 is 5.97 Å². The molecule has 0 aliphatic heterocycles. The predicted molar refractivity (Wildman–Crippen MR) is 91.8 cm³/mol. The summed E-state index contributed by atoms with van der Waals surface area (Å²) in [7, 11) is 0. The number of aromatic nitrogens is 2. The van der Waals surface area contributed by atoms with E-state index in [4.69, 9.17) is 10.5 Å². The molecule has 0 bridgehead atoms. The Labute approximate surface area is 147 Å². The Morgan fingerprint density at radius 3 is 2.43 bits per heavy atom. The number of aryl methyl sites for hydroxylation is 1. The Bertz CT molecular complexity index is 690. The molecular weight excluding hydrogens is 470 g/mol. The number of imidazole rings is 1. The maximum atomic E-state index is 11.9. The van der Waals surface area contributed by atoms with E-state index in [1.165, 1.54) is 0 Å². The highest BCUT2D eigenvalue weighted by molar-refractivity contribution is 9.11. The summed E-state index contributed by atoms with van der Waals surface area (Å²) in [4.78, 5) is 16.1. The molecule has 0 unspecified atom stereocenters. The molecule has 0 radical (unpaired) electrons. The van der Waals surface area contributed by atoms with Crippen LogP contribution in [-0.4, -0.2) is 22.1 Å². The summed E-state index contributed by atoms with van der Waals surface area (Å²) in [5.74, 6) is 0.315. The standard InChI is InChI=1S/C13H12Br3N3O2/c1-3-21-13(20)10-12(17)19(6(2)18-10)11-8(15)4-7(14)5-9(11)16/h4-5H,3,17H2,1-2H3. The second kappa shape index (κ2) is 6.50. The zero-order chi connectivity index (χ0) is 15.7. The Hall–Kier alpha value is -0.860. The molecule has 2 N–H and O–H groups in total. The quantitative estimate of drug-likeness (QED) is 0.666. The van der Waals surface area contributed by atoms with Crippen LogP contribution in [0.15, 0.2) is 25.6 Å². The van der Waals surface area contributed by atoms with Gasteiger partial charge in [0.05, 0.1) is 12.3 Å². The van der Waals surface area contributed by atoms with Crippen LogP contribution in [-0.2, 0) is 4.74 Å². The average molecular weight is 482 g/mol. The van der Waals surface area contributed by atoms with Crippen LogP contribution in [0.25, 0.3) is 5.69 Å². The largest absolute Gasteiger partial charge is 0.461 e. The van der Waals surface area contributed by atoms with Crippen molar-refractivity contribution in [1.29, 1.82) is 0 Å². The van der Waals surface area contributed by atoms with Crippen LogP contribution in [0, 0.1) is 6.92 Å². The molecule has 1 heterocycles. The zero-order valence-electron chi connectivity index (χ0n) is 11.3. The molecule has 0 saturated carbocycles. The number of halogens is 3. The van der Waals surface area contributed by atoms with Gasteiger partial charge >= 0.3 is 5.97 Å². The average Bonchev–Trinajstić information content (AvgIpc) is 2.66. The van der Waals surface area contributed by atoms with E-state index >= 15 is 0 Å². The maximum absolute atomic E-state index is 11.9. The van der Waals surface area contributed by atoms with Crippen LogP contribution in [0.2, 0.25) is 0 Å². The van der Waals surface area contributed by atoms with Gasteiger partial charge in [0, 0.05) is 13.4 Å². The molecule has 0 spiro atoms. The van der Waals surface area contributed by atoms with E-state index in [-0.39, 0.29) is 18.1 Å². The van der Waals surface area contributed by atoms with Crippen molar-refractivity contribution in [3.8, 4) is 5.69 Å². The molecule has 1 aromatic heterocycles. The summed E-state index contributed by atoms with van der Waals surface area (Å²) >= 11 is 10.4. The van der Waals surface area contributed by atoms with Gasteiger partial charge in [-0.15, -0.1) is 0 Å². The van der Waals surface area contributed by atoms with Crippen molar-refractivity contribution in [2.24, 2.45) is 0 Å². The molecule has 0 aliphatic rings. The first-order valence-corrected chi connectivity index (χ1v) is 8.41. The SMILES string of the molecule is CCOC(=O)c1nc(C)n(-c2c(Br)cc(Br)cc2Br)c1N. The number of nitrogen functional groups attached to an aromatic ring is 1. The van der Waals surface area contributed by atoms with E-state index in [0.717, 1.165) is 19.1 Å². The van der Waals surface area contributed by atoms with E-state index in [9.17, 15) is 4.79 Å². The zero-order valence-corrected chi connectivity index (χ0v) is 16.0. The summed E-state index contributed by atoms with van der Waals surface area (Å²) in [6, 6.07) is 3.78. The number of esters is 1. The minimum Gasteiger partial charge on any atom is -0.461 e. The van der Waals surface area contributed by atoms with Crippen LogP contribution in [0.5, 0.6) is 0 Å². The molecule has 2 aromatic rings. The molecule has 0 aliphatic carbocycles. The van der Waals surface area contributed by atoms with Gasteiger partial charge in [0.1, 0.15) is 11.6 Å². The highest BCUT2D eigenvalue weighted by Gasteiger charge is 2.23. The van der Waals surface area contributed by atoms with Crippen molar-refractivity contribution < 1.29 is 9.53 Å². The number of hydrogen-bond acceptors (Lipinski definition) is 4. The molecule has 0 fully saturated rings. The van der Waals surface area contributed by atoms with Crippen molar-refractivity contribution in [2.75, 3.05) is 12.3 Å². The summed E-state index contributed by atoms with van der Waals surface area (Å²) in [6.45, 7) is 3.79. The van der Waals surface area contributed by atoms with Crippen molar-refractivity contribution in [3.63, 3.8) is 0 Å². The lowest BCUT2D eigenvalue weighted by molar-refractivity contribution is 0.0521. The van der Waals surface area contributed by atoms with Crippen molar-refractivity contribution in [2.45, 2.75) is 13.8 Å². The van der Waals surface area contributed by atoms with Gasteiger partial charge in [-0.3, -0.25) is 4.57 Å². The van der Waals surface area contributed by atoms with Crippen molar-refractivity contribution in [1.82, 2.24) is 9.55 Å². The summed E-state index contributed by atoms with van der Waals surface area (Å²) in [5, 5.41) is 0. The minimum atomic E-state index is -0.527. The topological polar surface area (TPSA) is 70.1 Å². The Balaban J connectivity index is 2.64. The van der Waals surface area contributed by atoms with Gasteiger partial charge in [-0.1, -0.05) is 15.9 Å². The second-order valence-corrected chi connectivity index (χ2v) is 6.79. The van der Waals surface area contributed by atoms with Gasteiger partial charge in [0.25, 0.3) is 0 Å². The number of benzene rings is 1. The molecule has 112 valence electrons. The lowest BCUT2D eigenvalue weighted by Gasteiger charge is -2.13. The van der Waals surface area contributed by atoms with E-state index in [0.29, 0.717) is 5.82 Å². The number of carbonyl (C=O) groups is 1. The number of rotatable bonds is 3. The normalized spacial score (nSPS) is 10.7. The van der Waals surface area contributed by atoms with Crippen molar-refractivity contribution >= 4 is 59.6 Å². The first-order chi connectivity index (χ1) is 9.86. The van der Waals surface area contributed by atoms with E-state index in [2.05, 4.69) is 52.8 Å². The van der Waals surface area contributed by atoms with Crippen LogP contribution >= 0.6 is 47.8 Å². The molecule has 0 atom stereocenters. The number of hydrogen-bond donors (Lipinski definition) is 1. The van der Waals surface area contributed by atoms with Crippen LogP contribution in [0.3, 0.4) is 0 Å². The third-order valence-electron chi connectivity index (χ3n) is 2.75. The Morgan fingerprint density at radius 2 is 1.90 bits per heavy atom. The predicted octanol–water partition coefficient (Wildman–Crippen LogP) is 4.23. The summed E-state index contributed by atoms with van der Waals surface area (Å²) < 4.78 is 9.20. The van der Waals surface area contributed by atoms with Gasteiger partial charge in [-0.05, 0) is 57.8 Å². The molecule has 0 amide bonds. The van der Waals surface area contributed by atoms with Crippen LogP contribution < -0.4 is 5.73 Å². The molecule has 5 nitrogen and oxygen atoms in total. The van der Waals surface area contributed by atoms with Crippen LogP contribution in [0.1, 0.15) is 23.2 Å². The van der Waals surface area contributed by atoms with E-state index in [1.807, 2.05) is 12.1 Å². The number of nitrogens with zero attached hydrogens (tertiary/aromatic N) is 2. The Morgan fingerprint density at radius 1 is 1.33 bits per heavy atom. The van der Waals surface area contributed by atoms with Gasteiger partial charge in [0.15, 0.2) is 5.69 Å². The first-order valence-electron chi connectivity index (χ1n) is 6.03. The van der Waals surface area contributed by atoms with Gasteiger partial charge in [-0.2, -0.15) is 0 Å². The smallest absolute Gasteiger partial charge is 0.360 e. The highest BCUT2D eigenvalue weighted by Crippen LogP contribution is 2.35. The minimum absolute atomic E-state index is 0.121. The first kappa shape index (κ1) is 16.5. The fourth-order valence-electron chi connectivity index (χ4n) is 1.93. The fourth-order valence-corrected chi connectivity index (χ4v) is 4.54. The lowest BCUT2D eigenvalue weighted by atomic mass is 10.3. The molecule has 21 heavy (non-hydrogen) atoms. The van der Waals surface area contributed by atoms with Crippen LogP contribution in [0.4, 0.5) is 5.82 Å². The third-order valence-corrected chi connectivity index (χ3v) is 4.42.